The quantitative estimate of drug-likeness (QED) is 0.410. The van der Waals surface area contributed by atoms with E-state index in [2.05, 4.69) is 5.32 Å². The fourth-order valence-corrected chi connectivity index (χ4v) is 1.90. The molecular formula is C14H19N3O5. The van der Waals surface area contributed by atoms with E-state index in [1.54, 1.807) is 0 Å². The lowest BCUT2D eigenvalue weighted by Gasteiger charge is -2.07. The molecule has 2 rings (SSSR count). The summed E-state index contributed by atoms with van der Waals surface area (Å²) < 4.78 is 6.46. The van der Waals surface area contributed by atoms with Gasteiger partial charge >= 0.3 is 0 Å². The summed E-state index contributed by atoms with van der Waals surface area (Å²) in [4.78, 5) is 33.3. The topological polar surface area (TPSA) is 103 Å². The number of hydrogen-bond acceptors (Lipinski definition) is 5. The second-order valence-corrected chi connectivity index (χ2v) is 5.33. The SMILES string of the molecule is O=C(Cn1cc([N+](=O)[O-])ccc1=O)NCCCOCC1CC1. The lowest BCUT2D eigenvalue weighted by Crippen LogP contribution is -2.32. The average molecular weight is 309 g/mol. The standard InChI is InChI=1S/C14H19N3O5/c18-13(15-6-1-7-22-10-11-2-3-11)9-16-8-12(17(20)21)4-5-14(16)19/h4-5,8,11H,1-3,6-7,9-10H2,(H,15,18). The molecule has 22 heavy (non-hydrogen) atoms. The third kappa shape index (κ3) is 5.28. The summed E-state index contributed by atoms with van der Waals surface area (Å²) in [5.74, 6) is 0.361. The number of nitro groups is 1. The molecule has 0 bridgehead atoms. The number of hydrogen-bond donors (Lipinski definition) is 1. The lowest BCUT2D eigenvalue weighted by atomic mass is 10.4. The molecule has 1 aromatic heterocycles. The maximum atomic E-state index is 11.7. The highest BCUT2D eigenvalue weighted by Gasteiger charge is 2.20. The van der Waals surface area contributed by atoms with E-state index in [-0.39, 0.29) is 18.1 Å². The zero-order chi connectivity index (χ0) is 15.9. The molecule has 0 aromatic carbocycles. The van der Waals surface area contributed by atoms with Crippen molar-refractivity contribution < 1.29 is 14.5 Å². The Kier molecular flexibility index (Phi) is 5.65. The molecule has 0 atom stereocenters. The number of ether oxygens (including phenoxy) is 1. The van der Waals surface area contributed by atoms with Gasteiger partial charge in [-0.05, 0) is 25.2 Å². The fraction of sp³-hybridized carbons (Fsp3) is 0.571. The van der Waals surface area contributed by atoms with Crippen LogP contribution in [0.5, 0.6) is 0 Å². The van der Waals surface area contributed by atoms with Crippen LogP contribution in [0.4, 0.5) is 5.69 Å². The summed E-state index contributed by atoms with van der Waals surface area (Å²) in [5.41, 5.74) is -0.672. The molecule has 1 N–H and O–H groups in total. The van der Waals surface area contributed by atoms with Crippen LogP contribution < -0.4 is 10.9 Å². The molecule has 1 amide bonds. The van der Waals surface area contributed by atoms with Crippen LogP contribution in [0, 0.1) is 16.0 Å². The molecule has 1 aliphatic carbocycles. The number of carbonyl (C=O) groups is 1. The average Bonchev–Trinajstić information content (AvgIpc) is 3.29. The Morgan fingerprint density at radius 1 is 1.45 bits per heavy atom. The molecule has 8 nitrogen and oxygen atoms in total. The zero-order valence-electron chi connectivity index (χ0n) is 12.2. The van der Waals surface area contributed by atoms with Gasteiger partial charge in [0, 0.05) is 31.9 Å². The first-order valence-corrected chi connectivity index (χ1v) is 7.25. The van der Waals surface area contributed by atoms with Gasteiger partial charge in [0.1, 0.15) is 6.54 Å². The van der Waals surface area contributed by atoms with Crippen molar-refractivity contribution in [2.75, 3.05) is 19.8 Å². The van der Waals surface area contributed by atoms with Gasteiger partial charge in [-0.1, -0.05) is 0 Å². The predicted octanol–water partition coefficient (Wildman–Crippen LogP) is 0.689. The Hall–Kier alpha value is -2.22. The fourth-order valence-electron chi connectivity index (χ4n) is 1.90. The largest absolute Gasteiger partial charge is 0.381 e. The summed E-state index contributed by atoms with van der Waals surface area (Å²) in [5, 5.41) is 13.3. The van der Waals surface area contributed by atoms with Gasteiger partial charge in [-0.15, -0.1) is 0 Å². The van der Waals surface area contributed by atoms with Crippen molar-refractivity contribution in [3.05, 3.63) is 38.8 Å². The molecular weight excluding hydrogens is 290 g/mol. The third-order valence-electron chi connectivity index (χ3n) is 3.33. The van der Waals surface area contributed by atoms with Crippen LogP contribution >= 0.6 is 0 Å². The molecule has 0 spiro atoms. The second-order valence-electron chi connectivity index (χ2n) is 5.33. The Bertz CT molecular complexity index is 594. The normalized spacial score (nSPS) is 13.8. The minimum Gasteiger partial charge on any atom is -0.381 e. The Morgan fingerprint density at radius 2 is 2.23 bits per heavy atom. The van der Waals surface area contributed by atoms with Gasteiger partial charge in [0.2, 0.25) is 5.91 Å². The van der Waals surface area contributed by atoms with Crippen molar-refractivity contribution in [1.82, 2.24) is 9.88 Å². The monoisotopic (exact) mass is 309 g/mol. The number of carbonyl (C=O) groups excluding carboxylic acids is 1. The summed E-state index contributed by atoms with van der Waals surface area (Å²) in [6.07, 6.45) is 4.26. The first kappa shape index (κ1) is 16.2. The molecule has 8 heteroatoms. The highest BCUT2D eigenvalue weighted by atomic mass is 16.6. The molecule has 1 heterocycles. The molecule has 1 fully saturated rings. The van der Waals surface area contributed by atoms with Crippen molar-refractivity contribution in [1.29, 1.82) is 0 Å². The predicted molar refractivity (Wildman–Crippen MR) is 78.5 cm³/mol. The molecule has 0 saturated heterocycles. The van der Waals surface area contributed by atoms with Gasteiger partial charge in [0.05, 0.1) is 11.1 Å². The lowest BCUT2D eigenvalue weighted by molar-refractivity contribution is -0.385. The first-order valence-electron chi connectivity index (χ1n) is 7.25. The van der Waals surface area contributed by atoms with Crippen molar-refractivity contribution in [3.8, 4) is 0 Å². The van der Waals surface area contributed by atoms with Crippen molar-refractivity contribution in [2.45, 2.75) is 25.8 Å². The number of nitrogens with zero attached hydrogens (tertiary/aromatic N) is 2. The number of rotatable bonds is 9. The maximum absolute atomic E-state index is 11.7. The zero-order valence-corrected chi connectivity index (χ0v) is 12.2. The van der Waals surface area contributed by atoms with Crippen LogP contribution in [0.1, 0.15) is 19.3 Å². The summed E-state index contributed by atoms with van der Waals surface area (Å²) in [6.45, 7) is 1.60. The Morgan fingerprint density at radius 3 is 2.91 bits per heavy atom. The molecule has 120 valence electrons. The smallest absolute Gasteiger partial charge is 0.285 e. The summed E-state index contributed by atoms with van der Waals surface area (Å²) in [6, 6.07) is 2.20. The van der Waals surface area contributed by atoms with Crippen LogP contribution in [0.25, 0.3) is 0 Å². The van der Waals surface area contributed by atoms with Crippen molar-refractivity contribution in [2.24, 2.45) is 5.92 Å². The van der Waals surface area contributed by atoms with E-state index in [1.165, 1.54) is 12.8 Å². The molecule has 1 aromatic rings. The number of pyridine rings is 1. The van der Waals surface area contributed by atoms with Crippen LogP contribution in [0.15, 0.2) is 23.1 Å². The summed E-state index contributed by atoms with van der Waals surface area (Å²) in [7, 11) is 0. The highest BCUT2D eigenvalue weighted by Crippen LogP contribution is 2.28. The molecule has 1 aliphatic rings. The minimum absolute atomic E-state index is 0.221. The van der Waals surface area contributed by atoms with Crippen LogP contribution in [0.2, 0.25) is 0 Å². The van der Waals surface area contributed by atoms with E-state index in [0.717, 1.165) is 35.4 Å². The maximum Gasteiger partial charge on any atom is 0.285 e. The van der Waals surface area contributed by atoms with Gasteiger partial charge in [0.25, 0.3) is 11.2 Å². The van der Waals surface area contributed by atoms with Crippen LogP contribution in [0.3, 0.4) is 0 Å². The van der Waals surface area contributed by atoms with Gasteiger partial charge in [-0.2, -0.15) is 0 Å². The first-order chi connectivity index (χ1) is 10.6. The van der Waals surface area contributed by atoms with Gasteiger partial charge in [0.15, 0.2) is 0 Å². The van der Waals surface area contributed by atoms with E-state index >= 15 is 0 Å². The molecule has 0 aliphatic heterocycles. The number of nitrogens with one attached hydrogen (secondary N) is 1. The number of aromatic nitrogens is 1. The second kappa shape index (κ2) is 7.69. The van der Waals surface area contributed by atoms with E-state index in [4.69, 9.17) is 4.74 Å². The van der Waals surface area contributed by atoms with Gasteiger partial charge < -0.3 is 10.1 Å². The van der Waals surface area contributed by atoms with Gasteiger partial charge in [-0.3, -0.25) is 24.3 Å². The van der Waals surface area contributed by atoms with E-state index in [0.29, 0.717) is 19.6 Å². The molecule has 0 radical (unpaired) electrons. The van der Waals surface area contributed by atoms with Crippen LogP contribution in [-0.4, -0.2) is 35.2 Å². The van der Waals surface area contributed by atoms with Gasteiger partial charge in [-0.25, -0.2) is 0 Å². The van der Waals surface area contributed by atoms with E-state index in [9.17, 15) is 19.7 Å². The molecule has 1 saturated carbocycles. The third-order valence-corrected chi connectivity index (χ3v) is 3.33. The van der Waals surface area contributed by atoms with Crippen LogP contribution in [-0.2, 0) is 16.1 Å². The summed E-state index contributed by atoms with van der Waals surface area (Å²) >= 11 is 0. The Balaban J connectivity index is 1.70. The molecule has 0 unspecified atom stereocenters. The van der Waals surface area contributed by atoms with E-state index in [1.807, 2.05) is 0 Å². The van der Waals surface area contributed by atoms with Crippen molar-refractivity contribution in [3.63, 3.8) is 0 Å². The Labute approximate surface area is 127 Å². The van der Waals surface area contributed by atoms with E-state index < -0.39 is 10.5 Å². The highest BCUT2D eigenvalue weighted by molar-refractivity contribution is 5.75. The number of amides is 1. The van der Waals surface area contributed by atoms with Crippen molar-refractivity contribution >= 4 is 11.6 Å². The minimum atomic E-state index is -0.606.